The third kappa shape index (κ3) is 3.77. The van der Waals surface area contributed by atoms with E-state index in [1.165, 1.54) is 37.1 Å². The Labute approximate surface area is 107 Å². The number of hydrazone groups is 1. The molecule has 0 fully saturated rings. The number of hydrogen-bond acceptors (Lipinski definition) is 4. The Hall–Kier alpha value is -2.44. The monoisotopic (exact) mass is 266 g/mol. The third-order valence-corrected chi connectivity index (χ3v) is 2.18. The summed E-state index contributed by atoms with van der Waals surface area (Å²) in [6.07, 6.45) is 1.49. The first-order valence-electron chi connectivity index (χ1n) is 5.27. The van der Waals surface area contributed by atoms with Gasteiger partial charge in [-0.15, -0.1) is 0 Å². The second kappa shape index (κ2) is 5.47. The van der Waals surface area contributed by atoms with Crippen LogP contribution in [0.5, 0.6) is 0 Å². The van der Waals surface area contributed by atoms with E-state index in [-0.39, 0.29) is 5.69 Å². The lowest BCUT2D eigenvalue weighted by Gasteiger charge is -2.07. The summed E-state index contributed by atoms with van der Waals surface area (Å²) >= 11 is 0. The van der Waals surface area contributed by atoms with Gasteiger partial charge in [-0.3, -0.25) is 5.43 Å². The van der Waals surface area contributed by atoms with Crippen LogP contribution in [-0.2, 0) is 6.18 Å². The lowest BCUT2D eigenvalue weighted by Crippen LogP contribution is -2.05. The van der Waals surface area contributed by atoms with Crippen molar-refractivity contribution in [2.45, 2.75) is 6.18 Å². The zero-order valence-corrected chi connectivity index (χ0v) is 9.59. The van der Waals surface area contributed by atoms with Crippen LogP contribution in [0.3, 0.4) is 0 Å². The lowest BCUT2D eigenvalue weighted by molar-refractivity contribution is -0.137. The summed E-state index contributed by atoms with van der Waals surface area (Å²) in [6, 6.07) is 4.79. The summed E-state index contributed by atoms with van der Waals surface area (Å²) < 4.78 is 37.4. The summed E-state index contributed by atoms with van der Waals surface area (Å²) in [4.78, 5) is 7.56. The average Bonchev–Trinajstić information content (AvgIpc) is 2.39. The number of nitrogens with one attached hydrogen (secondary N) is 1. The number of alkyl halides is 3. The molecule has 1 N–H and O–H groups in total. The van der Waals surface area contributed by atoms with Crippen molar-refractivity contribution in [3.8, 4) is 0 Å². The molecular weight excluding hydrogens is 257 g/mol. The molecule has 0 saturated carbocycles. The molecule has 0 atom stereocenters. The molecule has 0 bridgehead atoms. The molecule has 1 aromatic carbocycles. The van der Waals surface area contributed by atoms with Crippen molar-refractivity contribution in [2.75, 3.05) is 5.43 Å². The summed E-state index contributed by atoms with van der Waals surface area (Å²) in [6.45, 7) is 0. The van der Waals surface area contributed by atoms with Crippen LogP contribution in [0, 0.1) is 0 Å². The van der Waals surface area contributed by atoms with E-state index in [9.17, 15) is 13.2 Å². The number of benzene rings is 1. The second-order valence-corrected chi connectivity index (χ2v) is 3.62. The quantitative estimate of drug-likeness (QED) is 0.686. The molecule has 2 rings (SSSR count). The van der Waals surface area contributed by atoms with E-state index in [4.69, 9.17) is 0 Å². The maximum Gasteiger partial charge on any atom is 0.416 e. The summed E-state index contributed by atoms with van der Waals surface area (Å²) in [5, 5.41) is 3.81. The van der Waals surface area contributed by atoms with Crippen LogP contribution >= 0.6 is 0 Å². The molecule has 98 valence electrons. The van der Waals surface area contributed by atoms with Gasteiger partial charge in [-0.1, -0.05) is 6.07 Å². The molecule has 7 heteroatoms. The molecular formula is C12H9F3N4. The normalized spacial score (nSPS) is 11.7. The minimum atomic E-state index is -4.37. The smallest absolute Gasteiger partial charge is 0.278 e. The van der Waals surface area contributed by atoms with Crippen LogP contribution in [0.1, 0.15) is 11.1 Å². The van der Waals surface area contributed by atoms with Gasteiger partial charge in [0.05, 0.1) is 17.5 Å². The van der Waals surface area contributed by atoms with Crippen molar-refractivity contribution >= 4 is 11.9 Å². The predicted molar refractivity (Wildman–Crippen MR) is 64.7 cm³/mol. The Morgan fingerprint density at radius 1 is 1.16 bits per heavy atom. The van der Waals surface area contributed by atoms with E-state index in [2.05, 4.69) is 20.5 Å². The fourth-order valence-electron chi connectivity index (χ4n) is 1.32. The van der Waals surface area contributed by atoms with Gasteiger partial charge >= 0.3 is 6.18 Å². The molecule has 0 aliphatic carbocycles. The standard InChI is InChI=1S/C12H9F3N4/c13-12(14,15)10-2-1-3-11(4-10)19-18-7-9-5-16-8-17-6-9/h1-8,19H/b18-7+. The van der Waals surface area contributed by atoms with Gasteiger partial charge in [0.1, 0.15) is 6.33 Å². The largest absolute Gasteiger partial charge is 0.416 e. The Morgan fingerprint density at radius 2 is 1.89 bits per heavy atom. The van der Waals surface area contributed by atoms with Gasteiger partial charge in [0.2, 0.25) is 0 Å². The number of aromatic nitrogens is 2. The summed E-state index contributed by atoms with van der Waals surface area (Å²) in [7, 11) is 0. The molecule has 1 aromatic heterocycles. The maximum absolute atomic E-state index is 12.5. The predicted octanol–water partition coefficient (Wildman–Crippen LogP) is 2.94. The van der Waals surface area contributed by atoms with Crippen molar-refractivity contribution in [3.63, 3.8) is 0 Å². The Balaban J connectivity index is 2.06. The molecule has 19 heavy (non-hydrogen) atoms. The van der Waals surface area contributed by atoms with E-state index < -0.39 is 11.7 Å². The molecule has 0 saturated heterocycles. The van der Waals surface area contributed by atoms with Crippen molar-refractivity contribution in [3.05, 3.63) is 54.1 Å². The molecule has 0 aliphatic heterocycles. The first kappa shape index (κ1) is 13.0. The van der Waals surface area contributed by atoms with E-state index >= 15 is 0 Å². The number of rotatable bonds is 3. The number of halogens is 3. The summed E-state index contributed by atoms with van der Waals surface area (Å²) in [5.74, 6) is 0. The molecule has 0 radical (unpaired) electrons. The minimum absolute atomic E-state index is 0.253. The van der Waals surface area contributed by atoms with E-state index in [0.717, 1.165) is 12.1 Å². The highest BCUT2D eigenvalue weighted by molar-refractivity contribution is 5.79. The first-order valence-corrected chi connectivity index (χ1v) is 5.27. The number of hydrogen-bond donors (Lipinski definition) is 1. The maximum atomic E-state index is 12.5. The van der Waals surface area contributed by atoms with Gasteiger partial charge in [-0.05, 0) is 18.2 Å². The third-order valence-electron chi connectivity index (χ3n) is 2.18. The van der Waals surface area contributed by atoms with Crippen LogP contribution in [0.2, 0.25) is 0 Å². The van der Waals surface area contributed by atoms with Gasteiger partial charge in [0.25, 0.3) is 0 Å². The zero-order chi connectivity index (χ0) is 13.7. The average molecular weight is 266 g/mol. The lowest BCUT2D eigenvalue weighted by atomic mass is 10.2. The van der Waals surface area contributed by atoms with E-state index in [1.54, 1.807) is 0 Å². The Kier molecular flexibility index (Phi) is 3.74. The fourth-order valence-corrected chi connectivity index (χ4v) is 1.32. The molecule has 0 unspecified atom stereocenters. The highest BCUT2D eigenvalue weighted by Gasteiger charge is 2.30. The van der Waals surface area contributed by atoms with Crippen molar-refractivity contribution in [2.24, 2.45) is 5.10 Å². The van der Waals surface area contributed by atoms with Gasteiger partial charge in [0, 0.05) is 18.0 Å². The van der Waals surface area contributed by atoms with Crippen LogP contribution < -0.4 is 5.43 Å². The van der Waals surface area contributed by atoms with Crippen molar-refractivity contribution < 1.29 is 13.2 Å². The van der Waals surface area contributed by atoms with Crippen LogP contribution in [0.15, 0.2) is 48.1 Å². The minimum Gasteiger partial charge on any atom is -0.278 e. The van der Waals surface area contributed by atoms with Crippen LogP contribution in [-0.4, -0.2) is 16.2 Å². The number of nitrogens with zero attached hydrogens (tertiary/aromatic N) is 3. The molecule has 0 spiro atoms. The highest BCUT2D eigenvalue weighted by atomic mass is 19.4. The SMILES string of the molecule is FC(F)(F)c1cccc(N/N=C/c2cncnc2)c1. The topological polar surface area (TPSA) is 50.2 Å². The Bertz CT molecular complexity index is 567. The van der Waals surface area contributed by atoms with Gasteiger partial charge in [-0.25, -0.2) is 9.97 Å². The first-order chi connectivity index (χ1) is 9.05. The van der Waals surface area contributed by atoms with Gasteiger partial charge in [0.15, 0.2) is 0 Å². The zero-order valence-electron chi connectivity index (χ0n) is 9.59. The van der Waals surface area contributed by atoms with E-state index in [0.29, 0.717) is 5.56 Å². The number of anilines is 1. The van der Waals surface area contributed by atoms with Gasteiger partial charge in [-0.2, -0.15) is 18.3 Å². The molecule has 1 heterocycles. The molecule has 0 amide bonds. The summed E-state index contributed by atoms with van der Waals surface area (Å²) in [5.41, 5.74) is 2.69. The fraction of sp³-hybridized carbons (Fsp3) is 0.0833. The molecule has 2 aromatic rings. The molecule has 4 nitrogen and oxygen atoms in total. The Morgan fingerprint density at radius 3 is 2.58 bits per heavy atom. The van der Waals surface area contributed by atoms with Crippen molar-refractivity contribution in [1.82, 2.24) is 9.97 Å². The van der Waals surface area contributed by atoms with Crippen LogP contribution in [0.4, 0.5) is 18.9 Å². The van der Waals surface area contributed by atoms with E-state index in [1.807, 2.05) is 0 Å². The second-order valence-electron chi connectivity index (χ2n) is 3.62. The van der Waals surface area contributed by atoms with Crippen LogP contribution in [0.25, 0.3) is 0 Å². The van der Waals surface area contributed by atoms with Crippen molar-refractivity contribution in [1.29, 1.82) is 0 Å². The van der Waals surface area contributed by atoms with Gasteiger partial charge < -0.3 is 0 Å². The highest BCUT2D eigenvalue weighted by Crippen LogP contribution is 2.30. The molecule has 0 aliphatic rings.